The van der Waals surface area contributed by atoms with Crippen LogP contribution >= 0.6 is 11.6 Å². The highest BCUT2D eigenvalue weighted by molar-refractivity contribution is 6.32. The van der Waals surface area contributed by atoms with Crippen LogP contribution in [0.15, 0.2) is 48.7 Å². The Kier molecular flexibility index (Phi) is 9.66. The van der Waals surface area contributed by atoms with E-state index in [1.807, 2.05) is 29.3 Å². The Labute approximate surface area is 335 Å². The van der Waals surface area contributed by atoms with Crippen LogP contribution in [-0.2, 0) is 16.1 Å². The molecule has 7 heterocycles. The number of imide groups is 2. The number of carbonyl (C=O) groups excluding carboxylic acids is 4. The van der Waals surface area contributed by atoms with Crippen molar-refractivity contribution in [1.82, 2.24) is 25.0 Å². The summed E-state index contributed by atoms with van der Waals surface area (Å²) in [5, 5.41) is 12.0. The van der Waals surface area contributed by atoms with Crippen LogP contribution in [0.1, 0.15) is 70.9 Å². The predicted octanol–water partition coefficient (Wildman–Crippen LogP) is 4.04. The van der Waals surface area contributed by atoms with Crippen molar-refractivity contribution >= 4 is 52.4 Å². The van der Waals surface area contributed by atoms with E-state index in [0.717, 1.165) is 94.1 Å². The number of carbonyl (C=O) groups is 4. The van der Waals surface area contributed by atoms with Gasteiger partial charge in [0.2, 0.25) is 11.8 Å². The quantitative estimate of drug-likeness (QED) is 0.348. The highest BCUT2D eigenvalue weighted by Crippen LogP contribution is 2.46. The molecule has 5 fully saturated rings. The van der Waals surface area contributed by atoms with E-state index in [-0.39, 0.29) is 41.1 Å². The summed E-state index contributed by atoms with van der Waals surface area (Å²) in [4.78, 5) is 67.8. The van der Waals surface area contributed by atoms with Crippen LogP contribution in [0.2, 0.25) is 5.02 Å². The zero-order valence-electron chi connectivity index (χ0n) is 31.9. The number of hydrogen-bond acceptors (Lipinski definition) is 11. The monoisotopic (exact) mass is 793 g/mol. The van der Waals surface area contributed by atoms with Crippen LogP contribution in [0.3, 0.4) is 0 Å². The van der Waals surface area contributed by atoms with Gasteiger partial charge in [-0.3, -0.25) is 39.2 Å². The van der Waals surface area contributed by atoms with Crippen molar-refractivity contribution in [2.75, 3.05) is 73.6 Å². The maximum absolute atomic E-state index is 15.4. The SMILES string of the molecule is C[C@H]1CC2(CCN(c3ccc(CN4CCN(C5CN(c6cc7c(cc6F)C(=O)N(C6CCC(=O)NC6=O)C7=O)C5)CC4)cn3)CC2)CN1c1ccc(C#N)c(Cl)c1. The fourth-order valence-electron chi connectivity index (χ4n) is 9.86. The number of nitrogens with zero attached hydrogens (tertiary/aromatic N) is 8. The van der Waals surface area contributed by atoms with Crippen LogP contribution in [-0.4, -0.2) is 120 Å². The summed E-state index contributed by atoms with van der Waals surface area (Å²) in [6.07, 6.45) is 5.45. The first-order valence-electron chi connectivity index (χ1n) is 19.9. The summed E-state index contributed by atoms with van der Waals surface area (Å²) in [6, 6.07) is 14.4. The molecule has 2 atom stereocenters. The Morgan fingerprint density at radius 2 is 1.68 bits per heavy atom. The Balaban J connectivity index is 0.735. The second kappa shape index (κ2) is 14.7. The van der Waals surface area contributed by atoms with E-state index < -0.39 is 35.5 Å². The van der Waals surface area contributed by atoms with Crippen LogP contribution in [0.5, 0.6) is 0 Å². The number of nitriles is 1. The molecule has 13 nitrogen and oxygen atoms in total. The van der Waals surface area contributed by atoms with E-state index in [1.54, 1.807) is 0 Å². The van der Waals surface area contributed by atoms with Gasteiger partial charge in [0.05, 0.1) is 27.4 Å². The second-order valence-corrected chi connectivity index (χ2v) is 17.0. The molecule has 5 saturated heterocycles. The number of benzene rings is 2. The molecule has 296 valence electrons. The van der Waals surface area contributed by atoms with Gasteiger partial charge in [0, 0.05) is 95.8 Å². The van der Waals surface area contributed by atoms with Gasteiger partial charge in [-0.2, -0.15) is 5.26 Å². The van der Waals surface area contributed by atoms with Gasteiger partial charge in [0.25, 0.3) is 11.8 Å². The molecule has 9 rings (SSSR count). The van der Waals surface area contributed by atoms with Gasteiger partial charge in [0.15, 0.2) is 0 Å². The van der Waals surface area contributed by atoms with Crippen LogP contribution < -0.4 is 20.0 Å². The molecule has 1 unspecified atom stereocenters. The average molecular weight is 794 g/mol. The van der Waals surface area contributed by atoms with Gasteiger partial charge >= 0.3 is 0 Å². The first-order chi connectivity index (χ1) is 27.5. The lowest BCUT2D eigenvalue weighted by atomic mass is 9.77. The van der Waals surface area contributed by atoms with Gasteiger partial charge in [-0.15, -0.1) is 0 Å². The predicted molar refractivity (Wildman–Crippen MR) is 212 cm³/mol. The molecule has 0 aliphatic carbocycles. The standard InChI is InChI=1S/C42H45ClFN9O4/c1-26-19-42(25-52(26)29-4-3-28(20-45)33(43)16-29)8-10-50(11-9-42)37-6-2-27(21-46-37)22-48-12-14-49(15-13-48)30-23-51(24-30)36-18-32-31(17-34(36)44)40(56)53(41(32)57)35-5-7-38(54)47-39(35)55/h2-4,6,16-18,21,26,30,35H,5,7-15,19,22-25H2,1H3,(H,47,54,55)/t26-,35?/m0/s1. The van der Waals surface area contributed by atoms with E-state index in [2.05, 4.69) is 50.0 Å². The summed E-state index contributed by atoms with van der Waals surface area (Å²) in [5.74, 6) is -2.03. The summed E-state index contributed by atoms with van der Waals surface area (Å²) < 4.78 is 15.4. The lowest BCUT2D eigenvalue weighted by Crippen LogP contribution is -2.63. The third-order valence-corrected chi connectivity index (χ3v) is 13.5. The fourth-order valence-corrected chi connectivity index (χ4v) is 10.1. The number of rotatable bonds is 7. The number of halogens is 2. The first kappa shape index (κ1) is 37.5. The van der Waals surface area contributed by atoms with Gasteiger partial charge in [-0.1, -0.05) is 17.7 Å². The van der Waals surface area contributed by atoms with Crippen molar-refractivity contribution in [2.24, 2.45) is 5.41 Å². The molecule has 6 aliphatic rings. The summed E-state index contributed by atoms with van der Waals surface area (Å²) >= 11 is 6.37. The van der Waals surface area contributed by atoms with E-state index in [1.165, 1.54) is 11.6 Å². The largest absolute Gasteiger partial charge is 0.368 e. The molecule has 1 aromatic heterocycles. The fraction of sp³-hybridized carbons (Fsp3) is 0.476. The topological polar surface area (TPSA) is 136 Å². The number of nitrogens with one attached hydrogen (secondary N) is 1. The van der Waals surface area contributed by atoms with Crippen molar-refractivity contribution in [3.63, 3.8) is 0 Å². The number of anilines is 3. The minimum Gasteiger partial charge on any atom is -0.368 e. The Hall–Kier alpha value is -5.10. The number of fused-ring (bicyclic) bond motifs is 1. The zero-order valence-corrected chi connectivity index (χ0v) is 32.7. The van der Waals surface area contributed by atoms with Crippen molar-refractivity contribution in [2.45, 2.75) is 63.7 Å². The number of piperidine rings is 2. The summed E-state index contributed by atoms with van der Waals surface area (Å²) in [7, 11) is 0. The molecule has 1 N–H and O–H groups in total. The maximum Gasteiger partial charge on any atom is 0.262 e. The highest BCUT2D eigenvalue weighted by atomic mass is 35.5. The average Bonchev–Trinajstić information content (AvgIpc) is 3.63. The molecular weight excluding hydrogens is 749 g/mol. The first-order valence-corrected chi connectivity index (χ1v) is 20.3. The van der Waals surface area contributed by atoms with Gasteiger partial charge < -0.3 is 14.7 Å². The Bertz CT molecular complexity index is 2170. The number of amides is 4. The number of pyridine rings is 1. The minimum absolute atomic E-state index is 0.0261. The van der Waals surface area contributed by atoms with E-state index >= 15 is 4.39 Å². The van der Waals surface area contributed by atoms with Gasteiger partial charge in [-0.25, -0.2) is 9.37 Å². The van der Waals surface area contributed by atoms with Crippen molar-refractivity contribution < 1.29 is 23.6 Å². The minimum atomic E-state index is -1.09. The van der Waals surface area contributed by atoms with E-state index in [4.69, 9.17) is 16.6 Å². The molecule has 0 bridgehead atoms. The van der Waals surface area contributed by atoms with Crippen molar-refractivity contribution in [1.29, 1.82) is 5.26 Å². The highest BCUT2D eigenvalue weighted by Gasteiger charge is 2.47. The molecule has 6 aliphatic heterocycles. The molecule has 1 spiro atoms. The molecule has 4 amide bonds. The van der Waals surface area contributed by atoms with E-state index in [0.29, 0.717) is 29.7 Å². The summed E-state index contributed by atoms with van der Waals surface area (Å²) in [5.41, 5.74) is 3.36. The molecule has 57 heavy (non-hydrogen) atoms. The lowest BCUT2D eigenvalue weighted by molar-refractivity contribution is -0.136. The molecular formula is C42H45ClFN9O4. The molecule has 0 radical (unpaired) electrons. The lowest BCUT2D eigenvalue weighted by Gasteiger charge is -2.49. The zero-order chi connectivity index (χ0) is 39.6. The Morgan fingerprint density at radius 3 is 2.35 bits per heavy atom. The number of aromatic nitrogens is 1. The van der Waals surface area contributed by atoms with Crippen molar-refractivity contribution in [3.8, 4) is 6.07 Å². The number of hydrogen-bond donors (Lipinski definition) is 1. The normalized spacial score (nSPS) is 24.2. The summed E-state index contributed by atoms with van der Waals surface area (Å²) in [6.45, 7) is 10.9. The molecule has 2 aromatic carbocycles. The Morgan fingerprint density at radius 1 is 0.947 bits per heavy atom. The number of piperazine rings is 1. The van der Waals surface area contributed by atoms with Crippen molar-refractivity contribution in [3.05, 3.63) is 81.8 Å². The van der Waals surface area contributed by atoms with Gasteiger partial charge in [0.1, 0.15) is 23.7 Å². The van der Waals surface area contributed by atoms with Crippen LogP contribution in [0, 0.1) is 22.6 Å². The molecule has 0 saturated carbocycles. The van der Waals surface area contributed by atoms with Gasteiger partial charge in [-0.05, 0) is 80.0 Å². The molecule has 15 heteroatoms. The molecule has 3 aromatic rings. The van der Waals surface area contributed by atoms with Crippen LogP contribution in [0.4, 0.5) is 21.6 Å². The smallest absolute Gasteiger partial charge is 0.262 e. The van der Waals surface area contributed by atoms with E-state index in [9.17, 15) is 24.4 Å². The third-order valence-electron chi connectivity index (χ3n) is 13.2. The van der Waals surface area contributed by atoms with Crippen LogP contribution in [0.25, 0.3) is 0 Å². The third kappa shape index (κ3) is 6.89. The second-order valence-electron chi connectivity index (χ2n) is 16.6. The maximum atomic E-state index is 15.4.